The molecule has 2 fully saturated rings. The summed E-state index contributed by atoms with van der Waals surface area (Å²) in [5.41, 5.74) is 0.932. The van der Waals surface area contributed by atoms with Gasteiger partial charge < -0.3 is 15.1 Å². The highest BCUT2D eigenvalue weighted by molar-refractivity contribution is 6.30. The fourth-order valence-corrected chi connectivity index (χ4v) is 3.41. The highest BCUT2D eigenvalue weighted by atomic mass is 35.5. The van der Waals surface area contributed by atoms with E-state index in [0.29, 0.717) is 5.91 Å². The fraction of sp³-hybridized carbons (Fsp3) is 0.562. The summed E-state index contributed by atoms with van der Waals surface area (Å²) in [4.78, 5) is 17.0. The van der Waals surface area contributed by atoms with Gasteiger partial charge >= 0.3 is 0 Å². The van der Waals surface area contributed by atoms with Crippen LogP contribution < -0.4 is 10.2 Å². The minimum absolute atomic E-state index is 0.210. The Kier molecular flexibility index (Phi) is 4.09. The number of hydrogen-bond donors (Lipinski definition) is 1. The van der Waals surface area contributed by atoms with Crippen molar-refractivity contribution in [2.24, 2.45) is 5.41 Å². The van der Waals surface area contributed by atoms with Gasteiger partial charge in [0.1, 0.15) is 0 Å². The Morgan fingerprint density at radius 1 is 1.29 bits per heavy atom. The lowest BCUT2D eigenvalue weighted by Crippen LogP contribution is -2.53. The van der Waals surface area contributed by atoms with Crippen LogP contribution in [0.2, 0.25) is 5.02 Å². The normalized spacial score (nSPS) is 26.2. The molecule has 0 spiro atoms. The molecule has 4 nitrogen and oxygen atoms in total. The molecule has 114 valence electrons. The van der Waals surface area contributed by atoms with Gasteiger partial charge in [-0.25, -0.2) is 0 Å². The van der Waals surface area contributed by atoms with Gasteiger partial charge in [0.2, 0.25) is 5.91 Å². The number of rotatable bonds is 2. The predicted molar refractivity (Wildman–Crippen MR) is 85.8 cm³/mol. The second-order valence-corrected chi connectivity index (χ2v) is 6.68. The van der Waals surface area contributed by atoms with E-state index in [4.69, 9.17) is 11.6 Å². The van der Waals surface area contributed by atoms with Gasteiger partial charge in [-0.05, 0) is 38.1 Å². The number of nitrogens with one attached hydrogen (secondary N) is 1. The molecule has 0 bridgehead atoms. The quantitative estimate of drug-likeness (QED) is 0.907. The van der Waals surface area contributed by atoms with Crippen molar-refractivity contribution in [3.05, 3.63) is 29.3 Å². The van der Waals surface area contributed by atoms with Crippen LogP contribution in [0.15, 0.2) is 24.3 Å². The van der Waals surface area contributed by atoms with Crippen molar-refractivity contribution in [1.29, 1.82) is 0 Å². The number of carbonyl (C=O) groups excluding carboxylic acids is 1. The molecule has 1 aromatic rings. The summed E-state index contributed by atoms with van der Waals surface area (Å²) in [5.74, 6) is 0.304. The maximum atomic E-state index is 12.7. The minimum Gasteiger partial charge on any atom is -0.368 e. The molecule has 1 amide bonds. The highest BCUT2D eigenvalue weighted by Crippen LogP contribution is 2.28. The van der Waals surface area contributed by atoms with Crippen molar-refractivity contribution in [3.8, 4) is 0 Å². The first-order valence-corrected chi connectivity index (χ1v) is 7.97. The molecule has 1 N–H and O–H groups in total. The number of amides is 1. The smallest absolute Gasteiger partial charge is 0.229 e. The molecule has 3 rings (SSSR count). The molecular formula is C16H22ClN3O. The van der Waals surface area contributed by atoms with Crippen LogP contribution in [0, 0.1) is 5.41 Å². The van der Waals surface area contributed by atoms with E-state index >= 15 is 0 Å². The van der Waals surface area contributed by atoms with Gasteiger partial charge in [0.15, 0.2) is 0 Å². The maximum Gasteiger partial charge on any atom is 0.229 e. The molecule has 0 aromatic heterocycles. The molecule has 1 aromatic carbocycles. The van der Waals surface area contributed by atoms with E-state index in [1.807, 2.05) is 23.1 Å². The molecule has 5 heteroatoms. The lowest BCUT2D eigenvalue weighted by molar-refractivity contribution is -0.140. The maximum absolute atomic E-state index is 12.7. The minimum atomic E-state index is -0.210. The standard InChI is InChI=1S/C16H22ClN3O/c1-16(5-6-18-12-16)15(21)20-9-7-19(8-10-20)14-4-2-3-13(17)11-14/h2-4,11,18H,5-10,12H2,1H3/t16-/m0/s1. The van der Waals surface area contributed by atoms with E-state index in [1.165, 1.54) is 0 Å². The SMILES string of the molecule is C[C@]1(C(=O)N2CCN(c3cccc(Cl)c3)CC2)CCNC1. The number of hydrogen-bond acceptors (Lipinski definition) is 3. The van der Waals surface area contributed by atoms with Crippen LogP contribution >= 0.6 is 11.6 Å². The molecule has 0 radical (unpaired) electrons. The zero-order valence-electron chi connectivity index (χ0n) is 12.4. The zero-order valence-corrected chi connectivity index (χ0v) is 13.2. The van der Waals surface area contributed by atoms with Crippen LogP contribution in [-0.4, -0.2) is 50.1 Å². The van der Waals surface area contributed by atoms with Gasteiger partial charge in [0, 0.05) is 43.4 Å². The van der Waals surface area contributed by atoms with Crippen LogP contribution in [-0.2, 0) is 4.79 Å². The Hall–Kier alpha value is -1.26. The predicted octanol–water partition coefficient (Wildman–Crippen LogP) is 1.99. The lowest BCUT2D eigenvalue weighted by Gasteiger charge is -2.39. The third-order valence-electron chi connectivity index (χ3n) is 4.63. The zero-order chi connectivity index (χ0) is 14.9. The average Bonchev–Trinajstić information content (AvgIpc) is 2.95. The van der Waals surface area contributed by atoms with Crippen LogP contribution in [0.25, 0.3) is 0 Å². The Morgan fingerprint density at radius 2 is 2.05 bits per heavy atom. The third kappa shape index (κ3) is 3.01. The summed E-state index contributed by atoms with van der Waals surface area (Å²) in [6, 6.07) is 7.92. The molecule has 21 heavy (non-hydrogen) atoms. The second-order valence-electron chi connectivity index (χ2n) is 6.25. The Labute approximate surface area is 131 Å². The largest absolute Gasteiger partial charge is 0.368 e. The topological polar surface area (TPSA) is 35.6 Å². The van der Waals surface area contributed by atoms with Gasteiger partial charge in [0.05, 0.1) is 5.41 Å². The van der Waals surface area contributed by atoms with Gasteiger partial charge in [-0.3, -0.25) is 4.79 Å². The van der Waals surface area contributed by atoms with Crippen LogP contribution in [0.4, 0.5) is 5.69 Å². The van der Waals surface area contributed by atoms with Gasteiger partial charge in [0.25, 0.3) is 0 Å². The summed E-state index contributed by atoms with van der Waals surface area (Å²) in [6.45, 7) is 7.16. The number of halogens is 1. The van der Waals surface area contributed by atoms with Gasteiger partial charge in [-0.2, -0.15) is 0 Å². The number of piperazine rings is 1. The molecule has 2 saturated heterocycles. The van der Waals surface area contributed by atoms with E-state index in [-0.39, 0.29) is 5.41 Å². The highest BCUT2D eigenvalue weighted by Gasteiger charge is 2.39. The Bertz CT molecular complexity index is 520. The van der Waals surface area contributed by atoms with E-state index in [9.17, 15) is 4.79 Å². The molecule has 2 aliphatic heterocycles. The first kappa shape index (κ1) is 14.7. The first-order valence-electron chi connectivity index (χ1n) is 7.59. The second kappa shape index (κ2) is 5.85. The molecule has 0 unspecified atom stereocenters. The number of nitrogens with zero attached hydrogens (tertiary/aromatic N) is 2. The fourth-order valence-electron chi connectivity index (χ4n) is 3.22. The van der Waals surface area contributed by atoms with Crippen LogP contribution in [0.3, 0.4) is 0 Å². The van der Waals surface area contributed by atoms with E-state index in [0.717, 1.165) is 56.4 Å². The molecule has 2 aliphatic rings. The monoisotopic (exact) mass is 307 g/mol. The van der Waals surface area contributed by atoms with E-state index in [1.54, 1.807) is 0 Å². The summed E-state index contributed by atoms with van der Waals surface area (Å²) >= 11 is 6.05. The van der Waals surface area contributed by atoms with Crippen molar-refractivity contribution >= 4 is 23.2 Å². The molecule has 0 saturated carbocycles. The lowest BCUT2D eigenvalue weighted by atomic mass is 9.88. The summed E-state index contributed by atoms with van der Waals surface area (Å²) < 4.78 is 0. The number of benzene rings is 1. The molecule has 1 atom stereocenters. The van der Waals surface area contributed by atoms with Gasteiger partial charge in [-0.15, -0.1) is 0 Å². The van der Waals surface area contributed by atoms with Gasteiger partial charge in [-0.1, -0.05) is 17.7 Å². The third-order valence-corrected chi connectivity index (χ3v) is 4.86. The average molecular weight is 308 g/mol. The number of anilines is 1. The summed E-state index contributed by atoms with van der Waals surface area (Å²) in [5, 5.41) is 4.06. The van der Waals surface area contributed by atoms with Crippen molar-refractivity contribution in [2.45, 2.75) is 13.3 Å². The van der Waals surface area contributed by atoms with Crippen molar-refractivity contribution in [3.63, 3.8) is 0 Å². The van der Waals surface area contributed by atoms with Crippen LogP contribution in [0.1, 0.15) is 13.3 Å². The van der Waals surface area contributed by atoms with Crippen molar-refractivity contribution in [2.75, 3.05) is 44.2 Å². The van der Waals surface area contributed by atoms with E-state index in [2.05, 4.69) is 23.2 Å². The van der Waals surface area contributed by atoms with E-state index < -0.39 is 0 Å². The van der Waals surface area contributed by atoms with Crippen LogP contribution in [0.5, 0.6) is 0 Å². The summed E-state index contributed by atoms with van der Waals surface area (Å²) in [6.07, 6.45) is 0.945. The first-order chi connectivity index (χ1) is 10.1. The Balaban J connectivity index is 1.61. The van der Waals surface area contributed by atoms with Crippen molar-refractivity contribution < 1.29 is 4.79 Å². The van der Waals surface area contributed by atoms with Crippen molar-refractivity contribution in [1.82, 2.24) is 10.2 Å². The number of carbonyl (C=O) groups is 1. The molecule has 0 aliphatic carbocycles. The molecule has 2 heterocycles. The Morgan fingerprint density at radius 3 is 2.67 bits per heavy atom. The molecular weight excluding hydrogens is 286 g/mol. The summed E-state index contributed by atoms with van der Waals surface area (Å²) in [7, 11) is 0.